The summed E-state index contributed by atoms with van der Waals surface area (Å²) in [6.45, 7) is 0. The minimum Gasteiger partial charge on any atom is -0.496 e. The highest BCUT2D eigenvalue weighted by molar-refractivity contribution is 9.10. The summed E-state index contributed by atoms with van der Waals surface area (Å²) in [5.41, 5.74) is 1.94. The van der Waals surface area contributed by atoms with Gasteiger partial charge in [-0.05, 0) is 39.7 Å². The van der Waals surface area contributed by atoms with E-state index in [2.05, 4.69) is 28.1 Å². The molecule has 104 valence electrons. The van der Waals surface area contributed by atoms with Crippen molar-refractivity contribution in [3.8, 4) is 5.75 Å². The molecule has 20 heavy (non-hydrogen) atoms. The van der Waals surface area contributed by atoms with E-state index in [0.717, 1.165) is 16.0 Å². The van der Waals surface area contributed by atoms with Gasteiger partial charge in [-0.3, -0.25) is 4.79 Å². The first-order chi connectivity index (χ1) is 9.70. The van der Waals surface area contributed by atoms with Crippen LogP contribution in [0.15, 0.2) is 53.0 Å². The van der Waals surface area contributed by atoms with Crippen molar-refractivity contribution < 1.29 is 9.53 Å². The van der Waals surface area contributed by atoms with Gasteiger partial charge in [0.2, 0.25) is 0 Å². The van der Waals surface area contributed by atoms with Gasteiger partial charge in [-0.25, -0.2) is 0 Å². The van der Waals surface area contributed by atoms with Gasteiger partial charge in [-0.2, -0.15) is 0 Å². The van der Waals surface area contributed by atoms with Gasteiger partial charge in [0.05, 0.1) is 17.3 Å². The van der Waals surface area contributed by atoms with Crippen molar-refractivity contribution in [1.29, 1.82) is 0 Å². The average molecular weight is 351 g/mol. The van der Waals surface area contributed by atoms with Gasteiger partial charge in [0, 0.05) is 11.3 Å². The van der Waals surface area contributed by atoms with Crippen molar-refractivity contribution in [3.05, 3.63) is 64.1 Å². The zero-order chi connectivity index (χ0) is 14.4. The maximum atomic E-state index is 12.1. The maximum Gasteiger partial charge on any atom is 0.172 e. The van der Waals surface area contributed by atoms with Crippen LogP contribution in [-0.4, -0.2) is 18.6 Å². The summed E-state index contributed by atoms with van der Waals surface area (Å²) >= 11 is 5.03. The molecule has 0 aliphatic heterocycles. The predicted octanol–water partition coefficient (Wildman–Crippen LogP) is 4.57. The fourth-order valence-corrected chi connectivity index (χ4v) is 3.18. The molecular weight excluding hydrogens is 336 g/mol. The molecule has 0 aromatic heterocycles. The van der Waals surface area contributed by atoms with Gasteiger partial charge >= 0.3 is 0 Å². The lowest BCUT2D eigenvalue weighted by atomic mass is 10.1. The van der Waals surface area contributed by atoms with E-state index in [1.54, 1.807) is 31.0 Å². The molecule has 0 bridgehead atoms. The Hall–Kier alpha value is -1.26. The van der Waals surface area contributed by atoms with Crippen LogP contribution in [0, 0.1) is 0 Å². The average Bonchev–Trinajstić information content (AvgIpc) is 2.48. The quantitative estimate of drug-likeness (QED) is 0.713. The summed E-state index contributed by atoms with van der Waals surface area (Å²) in [7, 11) is 1.61. The Labute approximate surface area is 131 Å². The lowest BCUT2D eigenvalue weighted by Crippen LogP contribution is -2.03. The molecule has 4 heteroatoms. The smallest absolute Gasteiger partial charge is 0.172 e. The number of methoxy groups -OCH3 is 1. The number of Topliss-reactive ketones (excluding diaryl/α,β-unsaturated/α-hetero) is 1. The Morgan fingerprint density at radius 2 is 1.95 bits per heavy atom. The Balaban J connectivity index is 1.90. The summed E-state index contributed by atoms with van der Waals surface area (Å²) in [4.78, 5) is 12.1. The Morgan fingerprint density at radius 1 is 1.20 bits per heavy atom. The van der Waals surface area contributed by atoms with Gasteiger partial charge in [0.1, 0.15) is 5.75 Å². The molecule has 0 unspecified atom stereocenters. The van der Waals surface area contributed by atoms with Crippen molar-refractivity contribution in [1.82, 2.24) is 0 Å². The van der Waals surface area contributed by atoms with E-state index in [1.165, 1.54) is 5.56 Å². The third-order valence-corrected chi connectivity index (χ3v) is 4.44. The minimum atomic E-state index is 0.134. The number of carbonyl (C=O) groups is 1. The number of benzene rings is 2. The second-order valence-corrected chi connectivity index (χ2v) is 6.09. The van der Waals surface area contributed by atoms with Crippen molar-refractivity contribution >= 4 is 33.5 Å². The molecule has 0 fully saturated rings. The number of hydrogen-bond acceptors (Lipinski definition) is 3. The first-order valence-corrected chi connectivity index (χ1v) is 8.14. The maximum absolute atomic E-state index is 12.1. The molecule has 0 heterocycles. The number of carbonyl (C=O) groups excluding carboxylic acids is 1. The molecule has 0 radical (unpaired) electrons. The Morgan fingerprint density at radius 3 is 2.60 bits per heavy atom. The largest absolute Gasteiger partial charge is 0.496 e. The molecule has 0 saturated heterocycles. The highest BCUT2D eigenvalue weighted by atomic mass is 79.9. The van der Waals surface area contributed by atoms with E-state index in [-0.39, 0.29) is 5.78 Å². The van der Waals surface area contributed by atoms with Gasteiger partial charge in [0.15, 0.2) is 5.78 Å². The Bertz CT molecular complexity index is 584. The fraction of sp³-hybridized carbons (Fsp3) is 0.188. The van der Waals surface area contributed by atoms with Crippen LogP contribution in [0.2, 0.25) is 0 Å². The lowest BCUT2D eigenvalue weighted by molar-refractivity contribution is 0.102. The lowest BCUT2D eigenvalue weighted by Gasteiger charge is -2.06. The molecular formula is C16H15BrO2S. The third-order valence-electron chi connectivity index (χ3n) is 2.82. The van der Waals surface area contributed by atoms with Gasteiger partial charge in [-0.15, -0.1) is 11.8 Å². The zero-order valence-corrected chi connectivity index (χ0v) is 13.5. The number of rotatable bonds is 6. The van der Waals surface area contributed by atoms with Crippen LogP contribution in [0.1, 0.15) is 15.9 Å². The highest BCUT2D eigenvalue weighted by Gasteiger charge is 2.09. The minimum absolute atomic E-state index is 0.134. The van der Waals surface area contributed by atoms with Crippen LogP contribution in [0.25, 0.3) is 0 Å². The summed E-state index contributed by atoms with van der Waals surface area (Å²) in [6, 6.07) is 15.6. The van der Waals surface area contributed by atoms with Crippen LogP contribution in [0.4, 0.5) is 0 Å². The molecule has 2 nitrogen and oxygen atoms in total. The van der Waals surface area contributed by atoms with Gasteiger partial charge < -0.3 is 4.74 Å². The topological polar surface area (TPSA) is 26.3 Å². The summed E-state index contributed by atoms with van der Waals surface area (Å²) < 4.78 is 5.96. The van der Waals surface area contributed by atoms with Crippen molar-refractivity contribution in [2.24, 2.45) is 0 Å². The first-order valence-electron chi connectivity index (χ1n) is 6.19. The molecule has 2 aromatic carbocycles. The van der Waals surface area contributed by atoms with Gasteiger partial charge in [-0.1, -0.05) is 30.3 Å². The summed E-state index contributed by atoms with van der Waals surface area (Å²) in [5, 5.41) is 0. The van der Waals surface area contributed by atoms with Crippen LogP contribution >= 0.6 is 27.7 Å². The van der Waals surface area contributed by atoms with Crippen LogP contribution in [-0.2, 0) is 5.75 Å². The van der Waals surface area contributed by atoms with E-state index in [1.807, 2.05) is 24.3 Å². The molecule has 0 aliphatic carbocycles. The van der Waals surface area contributed by atoms with E-state index in [0.29, 0.717) is 11.3 Å². The molecule has 0 atom stereocenters. The van der Waals surface area contributed by atoms with Crippen molar-refractivity contribution in [3.63, 3.8) is 0 Å². The molecule has 0 spiro atoms. The molecule has 2 aromatic rings. The normalized spacial score (nSPS) is 10.3. The van der Waals surface area contributed by atoms with Crippen molar-refractivity contribution in [2.45, 2.75) is 5.75 Å². The molecule has 0 N–H and O–H groups in total. The van der Waals surface area contributed by atoms with Crippen molar-refractivity contribution in [2.75, 3.05) is 12.9 Å². The fourth-order valence-electron chi connectivity index (χ4n) is 1.76. The molecule has 2 rings (SSSR count). The van der Waals surface area contributed by atoms with Crippen LogP contribution < -0.4 is 4.74 Å². The van der Waals surface area contributed by atoms with Crippen LogP contribution in [0.5, 0.6) is 5.75 Å². The number of ketones is 1. The van der Waals surface area contributed by atoms with E-state index in [4.69, 9.17) is 4.74 Å². The highest BCUT2D eigenvalue weighted by Crippen LogP contribution is 2.26. The van der Waals surface area contributed by atoms with E-state index < -0.39 is 0 Å². The van der Waals surface area contributed by atoms with Gasteiger partial charge in [0.25, 0.3) is 0 Å². The molecule has 0 amide bonds. The van der Waals surface area contributed by atoms with Crippen LogP contribution in [0.3, 0.4) is 0 Å². The molecule has 0 aliphatic rings. The second-order valence-electron chi connectivity index (χ2n) is 4.25. The predicted molar refractivity (Wildman–Crippen MR) is 87.6 cm³/mol. The van der Waals surface area contributed by atoms with E-state index >= 15 is 0 Å². The van der Waals surface area contributed by atoms with E-state index in [9.17, 15) is 4.79 Å². The standard InChI is InChI=1S/C16H15BrO2S/c1-19-16-8-7-13(9-14(16)17)15(18)11-20-10-12-5-3-2-4-6-12/h2-9H,10-11H2,1H3. The number of hydrogen-bond donors (Lipinski definition) is 0. The zero-order valence-electron chi connectivity index (χ0n) is 11.1. The second kappa shape index (κ2) is 7.50. The number of thioether (sulfide) groups is 1. The Kier molecular flexibility index (Phi) is 5.68. The number of ether oxygens (including phenoxy) is 1. The SMILES string of the molecule is COc1ccc(C(=O)CSCc2ccccc2)cc1Br. The first kappa shape index (κ1) is 15.1. The monoisotopic (exact) mass is 350 g/mol. The number of halogens is 1. The summed E-state index contributed by atoms with van der Waals surface area (Å²) in [6.07, 6.45) is 0. The molecule has 0 saturated carbocycles. The summed E-state index contributed by atoms with van der Waals surface area (Å²) in [5.74, 6) is 2.20. The third kappa shape index (κ3) is 4.12.